The minimum atomic E-state index is 0.217. The number of para-hydroxylation sites is 1. The van der Waals surface area contributed by atoms with Gasteiger partial charge in [-0.3, -0.25) is 0 Å². The van der Waals surface area contributed by atoms with Crippen molar-refractivity contribution in [3.8, 4) is 11.5 Å². The molecule has 0 heterocycles. The minimum absolute atomic E-state index is 0.217. The van der Waals surface area contributed by atoms with Crippen molar-refractivity contribution in [2.75, 3.05) is 14.2 Å². The van der Waals surface area contributed by atoms with Gasteiger partial charge < -0.3 is 14.8 Å². The van der Waals surface area contributed by atoms with Gasteiger partial charge in [-0.25, -0.2) is 0 Å². The van der Waals surface area contributed by atoms with Crippen LogP contribution in [0.2, 0.25) is 0 Å². The van der Waals surface area contributed by atoms with E-state index in [4.69, 9.17) is 9.47 Å². The Bertz CT molecular complexity index is 803. The number of methoxy groups -OCH3 is 2. The van der Waals surface area contributed by atoms with Crippen molar-refractivity contribution in [1.82, 2.24) is 5.32 Å². The Kier molecular flexibility index (Phi) is 6.29. The fourth-order valence-electron chi connectivity index (χ4n) is 3.17. The van der Waals surface area contributed by atoms with E-state index in [1.807, 2.05) is 18.2 Å². The molecule has 0 saturated heterocycles. The smallest absolute Gasteiger partial charge is 0.165 e. The molecule has 3 aromatic carbocycles. The monoisotopic (exact) mass is 347 g/mol. The van der Waals surface area contributed by atoms with Crippen LogP contribution < -0.4 is 14.8 Å². The summed E-state index contributed by atoms with van der Waals surface area (Å²) in [7, 11) is 3.34. The molecule has 3 aromatic rings. The van der Waals surface area contributed by atoms with E-state index in [9.17, 15) is 0 Å². The average Bonchev–Trinajstić information content (AvgIpc) is 2.72. The van der Waals surface area contributed by atoms with E-state index in [0.717, 1.165) is 23.5 Å². The van der Waals surface area contributed by atoms with Crippen LogP contribution in [0.3, 0.4) is 0 Å². The van der Waals surface area contributed by atoms with Crippen molar-refractivity contribution in [2.45, 2.75) is 19.0 Å². The van der Waals surface area contributed by atoms with Crippen molar-refractivity contribution < 1.29 is 9.47 Å². The van der Waals surface area contributed by atoms with Crippen LogP contribution in [0.1, 0.15) is 22.7 Å². The Morgan fingerprint density at radius 3 is 2.12 bits per heavy atom. The Hall–Kier alpha value is -2.78. The first-order valence-electron chi connectivity index (χ1n) is 8.84. The van der Waals surface area contributed by atoms with Gasteiger partial charge >= 0.3 is 0 Å². The predicted molar refractivity (Wildman–Crippen MR) is 106 cm³/mol. The van der Waals surface area contributed by atoms with E-state index < -0.39 is 0 Å². The SMILES string of the molecule is COc1cccc(CN[C@H](Cc2ccccc2)c2ccccc2)c1OC. The second-order valence-electron chi connectivity index (χ2n) is 6.19. The first kappa shape index (κ1) is 18.0. The van der Waals surface area contributed by atoms with Crippen LogP contribution in [0, 0.1) is 0 Å². The van der Waals surface area contributed by atoms with Crippen molar-refractivity contribution in [2.24, 2.45) is 0 Å². The molecule has 3 rings (SSSR count). The zero-order valence-electron chi connectivity index (χ0n) is 15.3. The van der Waals surface area contributed by atoms with Gasteiger partial charge in [-0.1, -0.05) is 72.8 Å². The Balaban J connectivity index is 1.80. The van der Waals surface area contributed by atoms with E-state index >= 15 is 0 Å². The van der Waals surface area contributed by atoms with Crippen LogP contribution in [-0.4, -0.2) is 14.2 Å². The van der Waals surface area contributed by atoms with Crippen LogP contribution in [0.4, 0.5) is 0 Å². The lowest BCUT2D eigenvalue weighted by Gasteiger charge is -2.21. The van der Waals surface area contributed by atoms with Crippen LogP contribution in [0.25, 0.3) is 0 Å². The molecule has 0 spiro atoms. The molecule has 0 bridgehead atoms. The van der Waals surface area contributed by atoms with Gasteiger partial charge in [-0.15, -0.1) is 0 Å². The van der Waals surface area contributed by atoms with Crippen LogP contribution in [-0.2, 0) is 13.0 Å². The summed E-state index contributed by atoms with van der Waals surface area (Å²) in [6.45, 7) is 0.701. The van der Waals surface area contributed by atoms with Gasteiger partial charge in [-0.2, -0.15) is 0 Å². The molecule has 1 atom stereocenters. The molecule has 0 aromatic heterocycles. The lowest BCUT2D eigenvalue weighted by atomic mass is 9.98. The van der Waals surface area contributed by atoms with Crippen molar-refractivity contribution >= 4 is 0 Å². The molecule has 3 nitrogen and oxygen atoms in total. The second kappa shape index (κ2) is 9.07. The summed E-state index contributed by atoms with van der Waals surface area (Å²) in [5.74, 6) is 1.54. The van der Waals surface area contributed by atoms with Crippen LogP contribution in [0.5, 0.6) is 11.5 Å². The second-order valence-corrected chi connectivity index (χ2v) is 6.19. The average molecular weight is 347 g/mol. The molecular weight excluding hydrogens is 322 g/mol. The lowest BCUT2D eigenvalue weighted by molar-refractivity contribution is 0.349. The fourth-order valence-corrected chi connectivity index (χ4v) is 3.17. The Morgan fingerprint density at radius 2 is 1.46 bits per heavy atom. The quantitative estimate of drug-likeness (QED) is 0.636. The summed E-state index contributed by atoms with van der Waals surface area (Å²) in [4.78, 5) is 0. The van der Waals surface area contributed by atoms with Crippen LogP contribution >= 0.6 is 0 Å². The number of rotatable bonds is 8. The third-order valence-electron chi connectivity index (χ3n) is 4.51. The largest absolute Gasteiger partial charge is 0.493 e. The molecule has 1 N–H and O–H groups in total. The maximum Gasteiger partial charge on any atom is 0.165 e. The van der Waals surface area contributed by atoms with Gasteiger partial charge in [0.05, 0.1) is 14.2 Å². The lowest BCUT2D eigenvalue weighted by Crippen LogP contribution is -2.23. The fraction of sp³-hybridized carbons (Fsp3) is 0.217. The van der Waals surface area contributed by atoms with Gasteiger partial charge in [0.1, 0.15) is 0 Å². The maximum atomic E-state index is 5.56. The molecule has 0 unspecified atom stereocenters. The summed E-state index contributed by atoms with van der Waals surface area (Å²) in [6, 6.07) is 27.3. The molecule has 0 aliphatic heterocycles. The highest BCUT2D eigenvalue weighted by atomic mass is 16.5. The minimum Gasteiger partial charge on any atom is -0.493 e. The Labute approximate surface area is 155 Å². The highest BCUT2D eigenvalue weighted by Crippen LogP contribution is 2.31. The molecule has 0 aliphatic carbocycles. The normalized spacial score (nSPS) is 11.8. The van der Waals surface area contributed by atoms with E-state index in [-0.39, 0.29) is 6.04 Å². The topological polar surface area (TPSA) is 30.5 Å². The zero-order chi connectivity index (χ0) is 18.2. The van der Waals surface area contributed by atoms with Gasteiger partial charge in [0.25, 0.3) is 0 Å². The molecule has 0 radical (unpaired) electrons. The summed E-state index contributed by atoms with van der Waals surface area (Å²) in [5.41, 5.74) is 3.67. The van der Waals surface area contributed by atoms with E-state index in [2.05, 4.69) is 66.0 Å². The highest BCUT2D eigenvalue weighted by Gasteiger charge is 2.14. The highest BCUT2D eigenvalue weighted by molar-refractivity contribution is 5.46. The van der Waals surface area contributed by atoms with Gasteiger partial charge in [0, 0.05) is 18.2 Å². The molecule has 0 aliphatic rings. The summed E-state index contributed by atoms with van der Waals surface area (Å²) < 4.78 is 11.0. The molecular formula is C23H25NO2. The van der Waals surface area contributed by atoms with E-state index in [0.29, 0.717) is 6.54 Å². The van der Waals surface area contributed by atoms with Crippen molar-refractivity contribution in [1.29, 1.82) is 0 Å². The van der Waals surface area contributed by atoms with Crippen molar-refractivity contribution in [3.05, 3.63) is 95.6 Å². The van der Waals surface area contributed by atoms with Gasteiger partial charge in [0.15, 0.2) is 11.5 Å². The molecule has 134 valence electrons. The van der Waals surface area contributed by atoms with E-state index in [1.54, 1.807) is 14.2 Å². The molecule has 0 saturated carbocycles. The van der Waals surface area contributed by atoms with Gasteiger partial charge in [-0.05, 0) is 23.6 Å². The summed E-state index contributed by atoms with van der Waals surface area (Å²) in [5, 5.41) is 3.69. The first-order chi connectivity index (χ1) is 12.8. The Morgan fingerprint density at radius 1 is 0.769 bits per heavy atom. The molecule has 3 heteroatoms. The standard InChI is InChI=1S/C23H25NO2/c1-25-22-15-9-14-20(23(22)26-2)17-24-21(19-12-7-4-8-13-19)16-18-10-5-3-6-11-18/h3-15,21,24H,16-17H2,1-2H3/t21-/m1/s1. The number of benzene rings is 3. The molecule has 0 fully saturated rings. The predicted octanol–water partition coefficient (Wildman–Crippen LogP) is 4.78. The number of nitrogens with one attached hydrogen (secondary N) is 1. The van der Waals surface area contributed by atoms with Crippen LogP contribution in [0.15, 0.2) is 78.9 Å². The third-order valence-corrected chi connectivity index (χ3v) is 4.51. The summed E-state index contributed by atoms with van der Waals surface area (Å²) >= 11 is 0. The number of hydrogen-bond acceptors (Lipinski definition) is 3. The molecule has 26 heavy (non-hydrogen) atoms. The molecule has 0 amide bonds. The van der Waals surface area contributed by atoms with Crippen molar-refractivity contribution in [3.63, 3.8) is 0 Å². The maximum absolute atomic E-state index is 5.56. The zero-order valence-corrected chi connectivity index (χ0v) is 15.3. The third kappa shape index (κ3) is 4.44. The first-order valence-corrected chi connectivity index (χ1v) is 8.84. The van der Waals surface area contributed by atoms with Gasteiger partial charge in [0.2, 0.25) is 0 Å². The number of ether oxygens (including phenoxy) is 2. The van der Waals surface area contributed by atoms with E-state index in [1.165, 1.54) is 11.1 Å². The number of hydrogen-bond donors (Lipinski definition) is 1. The summed E-state index contributed by atoms with van der Waals surface area (Å²) in [6.07, 6.45) is 0.928.